The summed E-state index contributed by atoms with van der Waals surface area (Å²) in [5.41, 5.74) is 3.54. The van der Waals surface area contributed by atoms with Gasteiger partial charge < -0.3 is 0 Å². The quantitative estimate of drug-likeness (QED) is 0.682. The van der Waals surface area contributed by atoms with E-state index in [2.05, 4.69) is 21.5 Å². The smallest absolute Gasteiger partial charge is 0.167 e. The molecule has 0 radical (unpaired) electrons. The molecule has 0 saturated carbocycles. The minimum atomic E-state index is 0.170. The highest BCUT2D eigenvalue weighted by Crippen LogP contribution is 2.31. The molecular formula is C17H11N3O. The van der Waals surface area contributed by atoms with Crippen molar-refractivity contribution in [1.29, 1.82) is 0 Å². The van der Waals surface area contributed by atoms with Gasteiger partial charge in [-0.3, -0.25) is 4.79 Å². The van der Waals surface area contributed by atoms with Crippen molar-refractivity contribution in [3.8, 4) is 11.3 Å². The van der Waals surface area contributed by atoms with Crippen molar-refractivity contribution in [3.05, 3.63) is 59.8 Å². The van der Waals surface area contributed by atoms with Crippen molar-refractivity contribution >= 4 is 22.6 Å². The van der Waals surface area contributed by atoms with E-state index in [-0.39, 0.29) is 5.78 Å². The Morgan fingerprint density at radius 2 is 2.00 bits per heavy atom. The highest BCUT2D eigenvalue weighted by Gasteiger charge is 2.15. The van der Waals surface area contributed by atoms with E-state index >= 15 is 0 Å². The molecule has 0 amide bonds. The third kappa shape index (κ3) is 1.92. The number of carbonyl (C=O) groups excluding carboxylic acids is 1. The van der Waals surface area contributed by atoms with E-state index in [0.717, 1.165) is 33.2 Å². The molecule has 2 aromatic carbocycles. The summed E-state index contributed by atoms with van der Waals surface area (Å²) >= 11 is 0. The molecule has 4 nitrogen and oxygen atoms in total. The van der Waals surface area contributed by atoms with Crippen LogP contribution in [0.1, 0.15) is 22.3 Å². The molecule has 0 saturated heterocycles. The van der Waals surface area contributed by atoms with Crippen LogP contribution in [0.3, 0.4) is 0 Å². The number of aromatic nitrogens is 3. The Hall–Kier alpha value is -2.88. The van der Waals surface area contributed by atoms with Crippen molar-refractivity contribution in [3.63, 3.8) is 0 Å². The number of benzene rings is 2. The van der Waals surface area contributed by atoms with Crippen molar-refractivity contribution in [2.24, 2.45) is 0 Å². The van der Waals surface area contributed by atoms with Gasteiger partial charge in [-0.05, 0) is 39.7 Å². The molecule has 100 valence electrons. The first kappa shape index (κ1) is 11.9. The largest absolute Gasteiger partial charge is 0.294 e. The predicted octanol–water partition coefficient (Wildman–Crippen LogP) is 3.29. The maximum atomic E-state index is 12.0. The molecule has 0 spiro atoms. The topological polar surface area (TPSA) is 55.7 Å². The zero-order valence-corrected chi connectivity index (χ0v) is 11.2. The molecule has 0 atom stereocenters. The van der Waals surface area contributed by atoms with E-state index in [1.54, 1.807) is 6.20 Å². The number of allylic oxidation sites excluding steroid dienone is 1. The average Bonchev–Trinajstić information content (AvgIpc) is 2.54. The normalized spacial score (nSPS) is 13.4. The van der Waals surface area contributed by atoms with Gasteiger partial charge in [-0.1, -0.05) is 30.4 Å². The number of hydrogen-bond donors (Lipinski definition) is 0. The summed E-state index contributed by atoms with van der Waals surface area (Å²) in [4.78, 5) is 12.0. The summed E-state index contributed by atoms with van der Waals surface area (Å²) in [7, 11) is 0. The molecule has 3 aromatic rings. The molecule has 4 heteroatoms. The number of ketones is 1. The van der Waals surface area contributed by atoms with E-state index in [4.69, 9.17) is 0 Å². The molecule has 0 unspecified atom stereocenters. The fourth-order valence-electron chi connectivity index (χ4n) is 2.73. The first-order valence-corrected chi connectivity index (χ1v) is 6.74. The Labute approximate surface area is 121 Å². The lowest BCUT2D eigenvalue weighted by atomic mass is 9.91. The molecule has 21 heavy (non-hydrogen) atoms. The fourth-order valence-corrected chi connectivity index (χ4v) is 2.73. The van der Waals surface area contributed by atoms with E-state index in [9.17, 15) is 4.79 Å². The first-order valence-electron chi connectivity index (χ1n) is 6.74. The third-order valence-electron chi connectivity index (χ3n) is 3.73. The van der Waals surface area contributed by atoms with E-state index in [1.165, 1.54) is 0 Å². The summed E-state index contributed by atoms with van der Waals surface area (Å²) < 4.78 is 0. The standard InChI is InChI=1S/C17H11N3O/c21-17-6-2-4-12-9-14-11(10-15(12)17)3-1-5-13(14)16-7-8-18-20-19-16/h1-5,7-10H,6H2. The predicted molar refractivity (Wildman–Crippen MR) is 80.8 cm³/mol. The van der Waals surface area contributed by atoms with E-state index < -0.39 is 0 Å². The number of carbonyl (C=O) groups is 1. The van der Waals surface area contributed by atoms with Crippen LogP contribution in [-0.4, -0.2) is 21.2 Å². The van der Waals surface area contributed by atoms with Crippen LogP contribution in [0.2, 0.25) is 0 Å². The molecule has 1 aromatic heterocycles. The molecular weight excluding hydrogens is 262 g/mol. The number of fused-ring (bicyclic) bond motifs is 2. The second-order valence-electron chi connectivity index (χ2n) is 5.00. The monoisotopic (exact) mass is 273 g/mol. The van der Waals surface area contributed by atoms with Crippen molar-refractivity contribution in [2.45, 2.75) is 6.42 Å². The molecule has 0 bridgehead atoms. The van der Waals surface area contributed by atoms with Crippen LogP contribution >= 0.6 is 0 Å². The molecule has 4 rings (SSSR count). The lowest BCUT2D eigenvalue weighted by Gasteiger charge is -2.13. The van der Waals surface area contributed by atoms with Crippen molar-refractivity contribution in [1.82, 2.24) is 15.4 Å². The average molecular weight is 273 g/mol. The second kappa shape index (κ2) is 4.59. The number of rotatable bonds is 1. The van der Waals surface area contributed by atoms with Crippen molar-refractivity contribution in [2.75, 3.05) is 0 Å². The van der Waals surface area contributed by atoms with Gasteiger partial charge in [0.1, 0.15) is 0 Å². The molecule has 0 N–H and O–H groups in total. The van der Waals surface area contributed by atoms with E-state index in [0.29, 0.717) is 6.42 Å². The first-order chi connectivity index (χ1) is 10.3. The fraction of sp³-hybridized carbons (Fsp3) is 0.0588. The molecule has 1 heterocycles. The number of hydrogen-bond acceptors (Lipinski definition) is 4. The minimum absolute atomic E-state index is 0.170. The Balaban J connectivity index is 2.03. The Bertz CT molecular complexity index is 885. The summed E-state index contributed by atoms with van der Waals surface area (Å²) in [6, 6.07) is 11.8. The molecule has 0 aliphatic heterocycles. The van der Waals surface area contributed by atoms with Crippen LogP contribution in [0.15, 0.2) is 48.7 Å². The maximum Gasteiger partial charge on any atom is 0.167 e. The Kier molecular flexibility index (Phi) is 2.60. The van der Waals surface area contributed by atoms with Crippen LogP contribution in [0.4, 0.5) is 0 Å². The van der Waals surface area contributed by atoms with Crippen LogP contribution in [-0.2, 0) is 0 Å². The van der Waals surface area contributed by atoms with Gasteiger partial charge in [0.05, 0.1) is 11.9 Å². The molecule has 1 aliphatic rings. The van der Waals surface area contributed by atoms with Gasteiger partial charge in [-0.2, -0.15) is 0 Å². The highest BCUT2D eigenvalue weighted by atomic mass is 16.1. The van der Waals surface area contributed by atoms with Crippen LogP contribution in [0, 0.1) is 0 Å². The zero-order valence-electron chi connectivity index (χ0n) is 11.2. The van der Waals surface area contributed by atoms with Gasteiger partial charge in [0.25, 0.3) is 0 Å². The van der Waals surface area contributed by atoms with E-state index in [1.807, 2.05) is 42.5 Å². The Morgan fingerprint density at radius 1 is 1.05 bits per heavy atom. The van der Waals surface area contributed by atoms with Gasteiger partial charge in [0.2, 0.25) is 0 Å². The molecule has 0 fully saturated rings. The summed E-state index contributed by atoms with van der Waals surface area (Å²) in [5.74, 6) is 0.170. The van der Waals surface area contributed by atoms with Gasteiger partial charge in [0.15, 0.2) is 5.78 Å². The highest BCUT2D eigenvalue weighted by molar-refractivity contribution is 6.08. The summed E-state index contributed by atoms with van der Waals surface area (Å²) in [6.07, 6.45) is 6.02. The Morgan fingerprint density at radius 3 is 2.86 bits per heavy atom. The van der Waals surface area contributed by atoms with Gasteiger partial charge in [0, 0.05) is 17.5 Å². The van der Waals surface area contributed by atoms with Crippen LogP contribution < -0.4 is 0 Å². The van der Waals surface area contributed by atoms with Gasteiger partial charge in [-0.15, -0.1) is 10.2 Å². The lowest BCUT2D eigenvalue weighted by Crippen LogP contribution is -2.04. The number of Topliss-reactive ketones (excluding diaryl/α,β-unsaturated/α-hetero) is 1. The minimum Gasteiger partial charge on any atom is -0.294 e. The number of nitrogens with zero attached hydrogens (tertiary/aromatic N) is 3. The van der Waals surface area contributed by atoms with Gasteiger partial charge >= 0.3 is 0 Å². The maximum absolute atomic E-state index is 12.0. The van der Waals surface area contributed by atoms with Gasteiger partial charge in [-0.25, -0.2) is 0 Å². The zero-order chi connectivity index (χ0) is 14.2. The second-order valence-corrected chi connectivity index (χ2v) is 5.00. The van der Waals surface area contributed by atoms with Crippen LogP contribution in [0.5, 0.6) is 0 Å². The van der Waals surface area contributed by atoms with Crippen molar-refractivity contribution < 1.29 is 4.79 Å². The van der Waals surface area contributed by atoms with Crippen LogP contribution in [0.25, 0.3) is 28.1 Å². The summed E-state index contributed by atoms with van der Waals surface area (Å²) in [6.45, 7) is 0. The molecule has 1 aliphatic carbocycles. The lowest BCUT2D eigenvalue weighted by molar-refractivity contribution is 0.0994. The summed E-state index contributed by atoms with van der Waals surface area (Å²) in [5, 5.41) is 13.6. The SMILES string of the molecule is O=C1CC=Cc2cc3c(-c4ccnnn4)cccc3cc21. The third-order valence-corrected chi connectivity index (χ3v) is 3.73.